The summed E-state index contributed by atoms with van der Waals surface area (Å²) in [6.45, 7) is 8.32. The molecule has 0 saturated carbocycles. The van der Waals surface area contributed by atoms with E-state index in [-0.39, 0.29) is 23.2 Å². The van der Waals surface area contributed by atoms with Gasteiger partial charge in [-0.1, -0.05) is 0 Å². The smallest absolute Gasteiger partial charge is 0.229 e. The van der Waals surface area contributed by atoms with Gasteiger partial charge >= 0.3 is 0 Å². The van der Waals surface area contributed by atoms with Gasteiger partial charge in [0.05, 0.1) is 55.5 Å². The van der Waals surface area contributed by atoms with Crippen LogP contribution >= 0.6 is 0 Å². The lowest BCUT2D eigenvalue weighted by molar-refractivity contribution is -0.0660. The van der Waals surface area contributed by atoms with Gasteiger partial charge in [0, 0.05) is 31.7 Å². The summed E-state index contributed by atoms with van der Waals surface area (Å²) in [4.78, 5) is 22.1. The second-order valence-corrected chi connectivity index (χ2v) is 10.2. The Kier molecular flexibility index (Phi) is 6.09. The average molecular weight is 535 g/mol. The second kappa shape index (κ2) is 9.78. The first-order valence-corrected chi connectivity index (χ1v) is 13.1. The molecule has 0 amide bonds. The molecule has 0 radical (unpaired) electrons. The van der Waals surface area contributed by atoms with Gasteiger partial charge in [0.1, 0.15) is 29.5 Å². The van der Waals surface area contributed by atoms with E-state index >= 15 is 4.39 Å². The summed E-state index contributed by atoms with van der Waals surface area (Å²) in [5.41, 5.74) is 2.16. The molecule has 0 bridgehead atoms. The van der Waals surface area contributed by atoms with E-state index in [2.05, 4.69) is 35.1 Å². The highest BCUT2D eigenvalue weighted by atomic mass is 19.1. The first kappa shape index (κ1) is 24.3. The van der Waals surface area contributed by atoms with Gasteiger partial charge < -0.3 is 24.3 Å². The molecule has 3 aliphatic rings. The van der Waals surface area contributed by atoms with Crippen LogP contribution in [0.4, 0.5) is 26.2 Å². The Balaban J connectivity index is 1.10. The number of ether oxygens (including phenoxy) is 2. The third-order valence-electron chi connectivity index (χ3n) is 7.67. The molecule has 6 heterocycles. The minimum Gasteiger partial charge on any atom is -0.378 e. The zero-order valence-corrected chi connectivity index (χ0v) is 21.5. The number of hydrogen-bond donors (Lipinski definition) is 1. The Morgan fingerprint density at radius 2 is 1.77 bits per heavy atom. The van der Waals surface area contributed by atoms with E-state index < -0.39 is 11.6 Å². The van der Waals surface area contributed by atoms with Crippen LogP contribution in [0.25, 0.3) is 22.3 Å². The Hall–Kier alpha value is -3.74. The number of halogens is 2. The molecular weight excluding hydrogens is 506 g/mol. The molecule has 0 aliphatic carbocycles. The quantitative estimate of drug-likeness (QED) is 0.413. The van der Waals surface area contributed by atoms with E-state index in [0.717, 1.165) is 51.3 Å². The highest BCUT2D eigenvalue weighted by molar-refractivity contribution is 5.83. The van der Waals surface area contributed by atoms with Crippen molar-refractivity contribution in [1.82, 2.24) is 29.4 Å². The zero-order valence-electron chi connectivity index (χ0n) is 21.5. The van der Waals surface area contributed by atoms with Crippen molar-refractivity contribution in [3.63, 3.8) is 0 Å². The van der Waals surface area contributed by atoms with E-state index in [4.69, 9.17) is 9.47 Å². The zero-order chi connectivity index (χ0) is 26.5. The lowest BCUT2D eigenvalue weighted by Gasteiger charge is -2.43. The van der Waals surface area contributed by atoms with Gasteiger partial charge in [0.2, 0.25) is 5.95 Å². The fourth-order valence-corrected chi connectivity index (χ4v) is 5.50. The summed E-state index contributed by atoms with van der Waals surface area (Å²) in [7, 11) is 0. The van der Waals surface area contributed by atoms with Crippen molar-refractivity contribution in [3.8, 4) is 11.3 Å². The van der Waals surface area contributed by atoms with Crippen molar-refractivity contribution in [2.75, 3.05) is 56.2 Å². The summed E-state index contributed by atoms with van der Waals surface area (Å²) in [5, 5.41) is 3.04. The molecule has 12 heteroatoms. The number of benzene rings is 1. The number of nitrogens with one attached hydrogen (secondary N) is 1. The van der Waals surface area contributed by atoms with Crippen LogP contribution in [-0.4, -0.2) is 81.4 Å². The number of nitrogens with zero attached hydrogens (tertiary/aromatic N) is 7. The topological polar surface area (TPSA) is 93.5 Å². The van der Waals surface area contributed by atoms with Gasteiger partial charge in [-0.15, -0.1) is 0 Å². The minimum absolute atomic E-state index is 0.00471. The van der Waals surface area contributed by atoms with Crippen molar-refractivity contribution in [2.24, 2.45) is 0 Å². The number of imidazole rings is 1. The Morgan fingerprint density at radius 3 is 2.51 bits per heavy atom. The SMILES string of the molecule is CC1COCc2nc3c(F)cc(-c4nc(Nc5ccc(N6CCN(C7COC7)CC6)cn5)ncc4F)cc3n21. The first-order chi connectivity index (χ1) is 19.0. The molecule has 1 aromatic carbocycles. The van der Waals surface area contributed by atoms with E-state index in [9.17, 15) is 4.39 Å². The molecule has 202 valence electrons. The van der Waals surface area contributed by atoms with Crippen LogP contribution in [0.1, 0.15) is 18.8 Å². The number of fused-ring (bicyclic) bond motifs is 3. The van der Waals surface area contributed by atoms with E-state index in [1.807, 2.05) is 29.8 Å². The molecule has 7 rings (SSSR count). The van der Waals surface area contributed by atoms with Gasteiger partial charge in [0.15, 0.2) is 11.6 Å². The number of anilines is 3. The maximum Gasteiger partial charge on any atom is 0.229 e. The van der Waals surface area contributed by atoms with Crippen molar-refractivity contribution >= 4 is 28.5 Å². The van der Waals surface area contributed by atoms with Crippen molar-refractivity contribution in [3.05, 3.63) is 54.1 Å². The highest BCUT2D eigenvalue weighted by Gasteiger charge is 2.29. The fourth-order valence-electron chi connectivity index (χ4n) is 5.50. The third kappa shape index (κ3) is 4.48. The maximum absolute atomic E-state index is 15.1. The van der Waals surface area contributed by atoms with Crippen molar-refractivity contribution in [1.29, 1.82) is 0 Å². The van der Waals surface area contributed by atoms with Crippen LogP contribution in [0, 0.1) is 11.6 Å². The van der Waals surface area contributed by atoms with E-state index in [0.29, 0.717) is 42.0 Å². The lowest BCUT2D eigenvalue weighted by atomic mass is 10.1. The number of piperazine rings is 1. The highest BCUT2D eigenvalue weighted by Crippen LogP contribution is 2.32. The number of aromatic nitrogens is 5. The predicted octanol–water partition coefficient (Wildman–Crippen LogP) is 3.52. The predicted molar refractivity (Wildman–Crippen MR) is 141 cm³/mol. The Bertz CT molecular complexity index is 1520. The van der Waals surface area contributed by atoms with Gasteiger partial charge in [-0.25, -0.2) is 28.7 Å². The molecule has 39 heavy (non-hydrogen) atoms. The normalized spacial score (nSPS) is 20.2. The molecular formula is C27H28F2N8O2. The largest absolute Gasteiger partial charge is 0.378 e. The third-order valence-corrected chi connectivity index (χ3v) is 7.67. The van der Waals surface area contributed by atoms with Crippen LogP contribution in [0.5, 0.6) is 0 Å². The summed E-state index contributed by atoms with van der Waals surface area (Å²) >= 11 is 0. The van der Waals surface area contributed by atoms with E-state index in [1.54, 1.807) is 6.07 Å². The van der Waals surface area contributed by atoms with E-state index in [1.165, 1.54) is 6.07 Å². The van der Waals surface area contributed by atoms with Crippen LogP contribution in [0.15, 0.2) is 36.7 Å². The molecule has 4 aromatic rings. The van der Waals surface area contributed by atoms with Crippen LogP contribution in [-0.2, 0) is 16.1 Å². The molecule has 3 aromatic heterocycles. The van der Waals surface area contributed by atoms with Crippen molar-refractivity contribution in [2.45, 2.75) is 25.6 Å². The number of hydrogen-bond acceptors (Lipinski definition) is 9. The summed E-state index contributed by atoms with van der Waals surface area (Å²) in [6.07, 6.45) is 2.89. The van der Waals surface area contributed by atoms with Crippen LogP contribution in [0.2, 0.25) is 0 Å². The lowest BCUT2D eigenvalue weighted by Crippen LogP contribution is -2.56. The Labute approximate surface area is 223 Å². The summed E-state index contributed by atoms with van der Waals surface area (Å²) in [6, 6.07) is 7.36. The monoisotopic (exact) mass is 534 g/mol. The molecule has 2 fully saturated rings. The number of pyridine rings is 1. The van der Waals surface area contributed by atoms with Gasteiger partial charge in [-0.05, 0) is 31.2 Å². The number of rotatable bonds is 5. The van der Waals surface area contributed by atoms with Crippen molar-refractivity contribution < 1.29 is 18.3 Å². The molecule has 3 aliphatic heterocycles. The summed E-state index contributed by atoms with van der Waals surface area (Å²) < 4.78 is 42.8. The molecule has 1 atom stereocenters. The summed E-state index contributed by atoms with van der Waals surface area (Å²) in [5.74, 6) is 0.158. The standard InChI is InChI=1S/C27H28F2N8O2/c1-16-12-38-15-24-33-26-20(28)8-17(9-22(26)37(16)24)25-21(29)11-31-27(34-25)32-23-3-2-18(10-30-23)35-4-6-36(7-5-35)19-13-39-14-19/h2-3,8-11,16,19H,4-7,12-15H2,1H3,(H,30,31,32,34). The average Bonchev–Trinajstić information content (AvgIpc) is 3.30. The maximum atomic E-state index is 15.1. The van der Waals surface area contributed by atoms with Gasteiger partial charge in [-0.2, -0.15) is 0 Å². The molecule has 0 spiro atoms. The van der Waals surface area contributed by atoms with Gasteiger partial charge in [-0.3, -0.25) is 4.90 Å². The molecule has 2 saturated heterocycles. The second-order valence-electron chi connectivity index (χ2n) is 10.2. The van der Waals surface area contributed by atoms with Crippen LogP contribution < -0.4 is 10.2 Å². The molecule has 10 nitrogen and oxygen atoms in total. The first-order valence-electron chi connectivity index (χ1n) is 13.1. The minimum atomic E-state index is -0.648. The fraction of sp³-hybridized carbons (Fsp3) is 0.407. The van der Waals surface area contributed by atoms with Gasteiger partial charge in [0.25, 0.3) is 0 Å². The Morgan fingerprint density at radius 1 is 0.923 bits per heavy atom. The molecule has 1 unspecified atom stereocenters. The van der Waals surface area contributed by atoms with Crippen LogP contribution in [0.3, 0.4) is 0 Å². The molecule has 1 N–H and O–H groups in total.